The van der Waals surface area contributed by atoms with Crippen molar-refractivity contribution in [3.05, 3.63) is 34.6 Å². The zero-order valence-electron chi connectivity index (χ0n) is 13.7. The van der Waals surface area contributed by atoms with Gasteiger partial charge in [-0.3, -0.25) is 4.90 Å². The van der Waals surface area contributed by atoms with Crippen LogP contribution in [0.3, 0.4) is 0 Å². The summed E-state index contributed by atoms with van der Waals surface area (Å²) in [5.41, 5.74) is 0.445. The summed E-state index contributed by atoms with van der Waals surface area (Å²) in [5.74, 6) is -0.297. The summed E-state index contributed by atoms with van der Waals surface area (Å²) in [4.78, 5) is 14.0. The minimum Gasteiger partial charge on any atom is -0.449 e. The van der Waals surface area contributed by atoms with Crippen molar-refractivity contribution in [1.29, 1.82) is 0 Å². The number of halogens is 2. The molecule has 1 unspecified atom stereocenters. The molecule has 0 spiro atoms. The molecule has 5 nitrogen and oxygen atoms in total. The summed E-state index contributed by atoms with van der Waals surface area (Å²) in [6.07, 6.45) is 0.403. The van der Waals surface area contributed by atoms with E-state index >= 15 is 0 Å². The SMILES string of the molecule is CC1(COC(=O)NC2CCN(Cc3c(F)cccc3Cl)C2)COC1. The minimum atomic E-state index is -0.404. The first kappa shape index (κ1) is 17.5. The summed E-state index contributed by atoms with van der Waals surface area (Å²) >= 11 is 6.07. The maximum Gasteiger partial charge on any atom is 0.407 e. The van der Waals surface area contributed by atoms with Crippen LogP contribution in [0.15, 0.2) is 18.2 Å². The Balaban J connectivity index is 1.44. The molecule has 2 aliphatic rings. The van der Waals surface area contributed by atoms with Gasteiger partial charge in [0.1, 0.15) is 12.4 Å². The second kappa shape index (κ2) is 7.25. The van der Waals surface area contributed by atoms with Crippen molar-refractivity contribution in [2.45, 2.75) is 25.9 Å². The minimum absolute atomic E-state index is 0.00787. The molecule has 0 aromatic heterocycles. The topological polar surface area (TPSA) is 50.8 Å². The first-order chi connectivity index (χ1) is 11.5. The lowest BCUT2D eigenvalue weighted by Crippen LogP contribution is -2.46. The Hall–Kier alpha value is -1.37. The molecule has 0 bridgehead atoms. The maximum atomic E-state index is 13.9. The predicted molar refractivity (Wildman–Crippen MR) is 88.5 cm³/mol. The number of hydrogen-bond donors (Lipinski definition) is 1. The van der Waals surface area contributed by atoms with Crippen molar-refractivity contribution < 1.29 is 18.7 Å². The molecule has 3 rings (SSSR count). The van der Waals surface area contributed by atoms with E-state index in [2.05, 4.69) is 10.2 Å². The number of carbonyl (C=O) groups is 1. The van der Waals surface area contributed by atoms with Gasteiger partial charge in [-0.2, -0.15) is 0 Å². The standard InChI is InChI=1S/C17H22ClFN2O3/c1-17(9-23-10-17)11-24-16(22)20-12-5-6-21(7-12)8-13-14(18)3-2-4-15(13)19/h2-4,12H,5-11H2,1H3,(H,20,22). The van der Waals surface area contributed by atoms with Crippen molar-refractivity contribution in [2.24, 2.45) is 5.41 Å². The van der Waals surface area contributed by atoms with E-state index in [4.69, 9.17) is 21.1 Å². The maximum absolute atomic E-state index is 13.9. The highest BCUT2D eigenvalue weighted by molar-refractivity contribution is 6.31. The zero-order valence-corrected chi connectivity index (χ0v) is 14.4. The van der Waals surface area contributed by atoms with E-state index in [1.807, 2.05) is 6.92 Å². The van der Waals surface area contributed by atoms with Crippen LogP contribution in [0, 0.1) is 11.2 Å². The van der Waals surface area contributed by atoms with Crippen molar-refractivity contribution >= 4 is 17.7 Å². The van der Waals surface area contributed by atoms with Crippen molar-refractivity contribution in [2.75, 3.05) is 32.9 Å². The monoisotopic (exact) mass is 356 g/mol. The number of rotatable bonds is 5. The van der Waals surface area contributed by atoms with Crippen LogP contribution in [0.25, 0.3) is 0 Å². The highest BCUT2D eigenvalue weighted by Crippen LogP contribution is 2.26. The van der Waals surface area contributed by atoms with Crippen LogP contribution in [0.4, 0.5) is 9.18 Å². The lowest BCUT2D eigenvalue weighted by Gasteiger charge is -2.37. The Kier molecular flexibility index (Phi) is 5.27. The molecule has 2 fully saturated rings. The number of nitrogens with zero attached hydrogens (tertiary/aromatic N) is 1. The first-order valence-electron chi connectivity index (χ1n) is 8.11. The van der Waals surface area contributed by atoms with E-state index in [0.717, 1.165) is 13.0 Å². The first-order valence-corrected chi connectivity index (χ1v) is 8.49. The summed E-state index contributed by atoms with van der Waals surface area (Å²) in [7, 11) is 0. The smallest absolute Gasteiger partial charge is 0.407 e. The molecule has 24 heavy (non-hydrogen) atoms. The van der Waals surface area contributed by atoms with Gasteiger partial charge in [-0.05, 0) is 18.6 Å². The van der Waals surface area contributed by atoms with Crippen LogP contribution in [0.2, 0.25) is 5.02 Å². The zero-order chi connectivity index (χ0) is 17.2. The van der Waals surface area contributed by atoms with Gasteiger partial charge < -0.3 is 14.8 Å². The van der Waals surface area contributed by atoms with Gasteiger partial charge in [-0.25, -0.2) is 9.18 Å². The van der Waals surface area contributed by atoms with Crippen LogP contribution in [-0.2, 0) is 16.0 Å². The number of ether oxygens (including phenoxy) is 2. The number of nitrogens with one attached hydrogen (secondary N) is 1. The fraction of sp³-hybridized carbons (Fsp3) is 0.588. The Labute approximate surface area is 146 Å². The van der Waals surface area contributed by atoms with Crippen LogP contribution in [0.5, 0.6) is 0 Å². The quantitative estimate of drug-likeness (QED) is 0.881. The Bertz CT molecular complexity index is 589. The van der Waals surface area contributed by atoms with Gasteiger partial charge in [0.2, 0.25) is 0 Å². The third-order valence-electron chi connectivity index (χ3n) is 4.49. The summed E-state index contributed by atoms with van der Waals surface area (Å²) < 4.78 is 24.3. The molecule has 1 aromatic rings. The van der Waals surface area contributed by atoms with E-state index in [1.165, 1.54) is 6.07 Å². The number of likely N-dealkylation sites (tertiary alicyclic amines) is 1. The second-order valence-electron chi connectivity index (χ2n) is 6.94. The van der Waals surface area contributed by atoms with Gasteiger partial charge in [-0.15, -0.1) is 0 Å². The summed E-state index contributed by atoms with van der Waals surface area (Å²) in [6, 6.07) is 4.70. The van der Waals surface area contributed by atoms with Crippen LogP contribution in [-0.4, -0.2) is 49.9 Å². The van der Waals surface area contributed by atoms with Gasteiger partial charge in [-0.1, -0.05) is 24.6 Å². The fourth-order valence-corrected chi connectivity index (χ4v) is 3.21. The number of amides is 1. The molecule has 1 N–H and O–H groups in total. The number of alkyl carbamates (subject to hydrolysis) is 1. The van der Waals surface area contributed by atoms with Crippen LogP contribution < -0.4 is 5.32 Å². The largest absolute Gasteiger partial charge is 0.449 e. The normalized spacial score (nSPS) is 22.9. The van der Waals surface area contributed by atoms with Gasteiger partial charge in [0.25, 0.3) is 0 Å². The van der Waals surface area contributed by atoms with Gasteiger partial charge in [0.05, 0.1) is 13.2 Å². The lowest BCUT2D eigenvalue weighted by molar-refractivity contribution is -0.126. The van der Waals surface area contributed by atoms with Crippen LogP contribution >= 0.6 is 11.6 Å². The van der Waals surface area contributed by atoms with Gasteiger partial charge >= 0.3 is 6.09 Å². The molecule has 1 aromatic carbocycles. The summed E-state index contributed by atoms with van der Waals surface area (Å²) in [6.45, 7) is 5.51. The number of carbonyl (C=O) groups excluding carboxylic acids is 1. The van der Waals surface area contributed by atoms with Crippen molar-refractivity contribution in [1.82, 2.24) is 10.2 Å². The summed E-state index contributed by atoms with van der Waals surface area (Å²) in [5, 5.41) is 3.31. The third kappa shape index (κ3) is 4.18. The fourth-order valence-electron chi connectivity index (χ4n) is 2.98. The Morgan fingerprint density at radius 2 is 2.33 bits per heavy atom. The molecule has 0 saturated carbocycles. The molecule has 2 aliphatic heterocycles. The Morgan fingerprint density at radius 3 is 3.00 bits per heavy atom. The molecular formula is C17H22ClFN2O3. The Morgan fingerprint density at radius 1 is 1.54 bits per heavy atom. The average Bonchev–Trinajstić information content (AvgIpc) is 2.94. The van der Waals surface area contributed by atoms with Crippen molar-refractivity contribution in [3.8, 4) is 0 Å². The van der Waals surface area contributed by atoms with E-state index < -0.39 is 6.09 Å². The molecule has 0 radical (unpaired) electrons. The second-order valence-corrected chi connectivity index (χ2v) is 7.35. The lowest BCUT2D eigenvalue weighted by atomic mass is 9.90. The molecule has 132 valence electrons. The average molecular weight is 357 g/mol. The molecular weight excluding hydrogens is 335 g/mol. The highest BCUT2D eigenvalue weighted by Gasteiger charge is 2.35. The highest BCUT2D eigenvalue weighted by atomic mass is 35.5. The van der Waals surface area contributed by atoms with Gasteiger partial charge in [0.15, 0.2) is 0 Å². The molecule has 0 aliphatic carbocycles. The molecule has 1 amide bonds. The van der Waals surface area contributed by atoms with Crippen molar-refractivity contribution in [3.63, 3.8) is 0 Å². The molecule has 2 saturated heterocycles. The van der Waals surface area contributed by atoms with E-state index in [-0.39, 0.29) is 17.3 Å². The van der Waals surface area contributed by atoms with Gasteiger partial charge in [0, 0.05) is 41.7 Å². The van der Waals surface area contributed by atoms with E-state index in [9.17, 15) is 9.18 Å². The van der Waals surface area contributed by atoms with E-state index in [1.54, 1.807) is 12.1 Å². The molecule has 2 heterocycles. The van der Waals surface area contributed by atoms with Crippen LogP contribution in [0.1, 0.15) is 18.9 Å². The predicted octanol–water partition coefficient (Wildman–Crippen LogP) is 2.82. The van der Waals surface area contributed by atoms with E-state index in [0.29, 0.717) is 43.5 Å². The molecule has 1 atom stereocenters. The molecule has 7 heteroatoms. The number of benzene rings is 1. The number of hydrogen-bond acceptors (Lipinski definition) is 4. The third-order valence-corrected chi connectivity index (χ3v) is 4.84.